The summed E-state index contributed by atoms with van der Waals surface area (Å²) >= 11 is 1.82. The summed E-state index contributed by atoms with van der Waals surface area (Å²) in [7, 11) is 0. The monoisotopic (exact) mass is 327 g/mol. The number of aryl methyl sites for hydroxylation is 3. The highest BCUT2D eigenvalue weighted by Crippen LogP contribution is 2.28. The topological polar surface area (TPSA) is 54.0 Å². The number of thiazole rings is 1. The number of benzene rings is 1. The number of aromatic nitrogens is 1. The Morgan fingerprint density at radius 2 is 2.35 bits per heavy atom. The molecule has 2 heterocycles. The van der Waals surface area contributed by atoms with Crippen molar-refractivity contribution in [1.29, 1.82) is 0 Å². The maximum atomic E-state index is 12.3. The lowest BCUT2D eigenvalue weighted by molar-refractivity contribution is -0.121. The van der Waals surface area contributed by atoms with Crippen molar-refractivity contribution in [3.8, 4) is 0 Å². The summed E-state index contributed by atoms with van der Waals surface area (Å²) in [6, 6.07) is 6.16. The van der Waals surface area contributed by atoms with Crippen LogP contribution < -0.4 is 10.6 Å². The quantitative estimate of drug-likeness (QED) is 0.908. The summed E-state index contributed by atoms with van der Waals surface area (Å²) in [6.07, 6.45) is 5.17. The molecule has 0 radical (unpaired) electrons. The van der Waals surface area contributed by atoms with E-state index in [1.165, 1.54) is 34.5 Å². The molecular weight excluding hydrogens is 306 g/mol. The van der Waals surface area contributed by atoms with Crippen LogP contribution in [-0.4, -0.2) is 23.5 Å². The zero-order chi connectivity index (χ0) is 15.8. The first kappa shape index (κ1) is 14.7. The van der Waals surface area contributed by atoms with Crippen molar-refractivity contribution in [1.82, 2.24) is 10.3 Å². The molecule has 5 heteroatoms. The second-order valence-corrected chi connectivity index (χ2v) is 7.60. The number of carbonyl (C=O) groups is 1. The predicted molar refractivity (Wildman–Crippen MR) is 93.1 cm³/mol. The maximum absolute atomic E-state index is 12.3. The van der Waals surface area contributed by atoms with Crippen LogP contribution in [0.1, 0.15) is 33.1 Å². The van der Waals surface area contributed by atoms with Gasteiger partial charge in [-0.1, -0.05) is 17.7 Å². The molecule has 2 aromatic rings. The third-order valence-corrected chi connectivity index (χ3v) is 5.83. The first-order chi connectivity index (χ1) is 11.2. The summed E-state index contributed by atoms with van der Waals surface area (Å²) < 4.78 is 0. The first-order valence-corrected chi connectivity index (χ1v) is 9.12. The van der Waals surface area contributed by atoms with Gasteiger partial charge in [0.1, 0.15) is 6.04 Å². The lowest BCUT2D eigenvalue weighted by Gasteiger charge is -2.11. The average Bonchev–Trinajstić information content (AvgIpc) is 3.19. The number of hydrogen-bond donors (Lipinski definition) is 2. The Morgan fingerprint density at radius 1 is 1.43 bits per heavy atom. The molecule has 2 N–H and O–H groups in total. The molecule has 0 bridgehead atoms. The zero-order valence-electron chi connectivity index (χ0n) is 13.3. The average molecular weight is 327 g/mol. The maximum Gasteiger partial charge on any atom is 0.242 e. The van der Waals surface area contributed by atoms with E-state index in [9.17, 15) is 4.79 Å². The van der Waals surface area contributed by atoms with Crippen molar-refractivity contribution in [3.05, 3.63) is 44.9 Å². The Labute approximate surface area is 140 Å². The van der Waals surface area contributed by atoms with Gasteiger partial charge in [-0.05, 0) is 37.8 Å². The number of nitrogens with one attached hydrogen (secondary N) is 2. The number of rotatable bonds is 4. The van der Waals surface area contributed by atoms with E-state index in [1.54, 1.807) is 0 Å². The van der Waals surface area contributed by atoms with E-state index in [4.69, 9.17) is 0 Å². The fourth-order valence-electron chi connectivity index (χ4n) is 3.42. The van der Waals surface area contributed by atoms with Crippen molar-refractivity contribution in [2.24, 2.45) is 0 Å². The van der Waals surface area contributed by atoms with E-state index in [-0.39, 0.29) is 11.9 Å². The highest BCUT2D eigenvalue weighted by molar-refractivity contribution is 7.11. The second kappa shape index (κ2) is 5.96. The standard InChI is InChI=1S/C18H21N3OS/c1-11-5-6-13-12(9-11)10-15(20-13)18(22)19-8-7-17-21-14-3-2-4-16(14)23-17/h5-6,9,15,20H,2-4,7-8,10H2,1H3,(H,19,22)/t15-/m0/s1. The number of nitrogens with zero attached hydrogens (tertiary/aromatic N) is 1. The molecule has 120 valence electrons. The van der Waals surface area contributed by atoms with Crippen LogP contribution >= 0.6 is 11.3 Å². The molecule has 2 aliphatic rings. The van der Waals surface area contributed by atoms with E-state index in [0.29, 0.717) is 6.54 Å². The van der Waals surface area contributed by atoms with Gasteiger partial charge in [-0.25, -0.2) is 4.98 Å². The summed E-state index contributed by atoms with van der Waals surface area (Å²) in [6.45, 7) is 2.75. The van der Waals surface area contributed by atoms with Crippen molar-refractivity contribution in [3.63, 3.8) is 0 Å². The summed E-state index contributed by atoms with van der Waals surface area (Å²) in [5.41, 5.74) is 4.86. The van der Waals surface area contributed by atoms with Gasteiger partial charge in [0, 0.05) is 30.0 Å². The molecular formula is C18H21N3OS. The van der Waals surface area contributed by atoms with Gasteiger partial charge >= 0.3 is 0 Å². The van der Waals surface area contributed by atoms with Crippen LogP contribution in [0.25, 0.3) is 0 Å². The van der Waals surface area contributed by atoms with Gasteiger partial charge in [-0.3, -0.25) is 4.79 Å². The van der Waals surface area contributed by atoms with E-state index >= 15 is 0 Å². The molecule has 0 fully saturated rings. The van der Waals surface area contributed by atoms with Crippen LogP contribution in [0.4, 0.5) is 5.69 Å². The van der Waals surface area contributed by atoms with Gasteiger partial charge in [-0.15, -0.1) is 11.3 Å². The SMILES string of the molecule is Cc1ccc2c(c1)C[C@@H](C(=O)NCCc1nc3c(s1)CCC3)N2. The molecule has 1 aliphatic carbocycles. The first-order valence-electron chi connectivity index (χ1n) is 8.30. The third kappa shape index (κ3) is 2.98. The minimum Gasteiger partial charge on any atom is -0.373 e. The molecule has 0 saturated heterocycles. The van der Waals surface area contributed by atoms with Crippen molar-refractivity contribution >= 4 is 22.9 Å². The smallest absolute Gasteiger partial charge is 0.242 e. The summed E-state index contributed by atoms with van der Waals surface area (Å²) in [5.74, 6) is 0.0861. The summed E-state index contributed by atoms with van der Waals surface area (Å²) in [4.78, 5) is 18.5. The van der Waals surface area contributed by atoms with Crippen LogP contribution in [0.15, 0.2) is 18.2 Å². The Balaban J connectivity index is 1.29. The van der Waals surface area contributed by atoms with E-state index in [1.807, 2.05) is 11.3 Å². The van der Waals surface area contributed by atoms with Crippen LogP contribution in [0.3, 0.4) is 0 Å². The highest BCUT2D eigenvalue weighted by Gasteiger charge is 2.26. The Bertz CT molecular complexity index is 731. The Hall–Kier alpha value is -1.88. The molecule has 4 rings (SSSR count). The largest absolute Gasteiger partial charge is 0.373 e. The van der Waals surface area contributed by atoms with Gasteiger partial charge in [0.15, 0.2) is 0 Å². The molecule has 1 atom stereocenters. The van der Waals surface area contributed by atoms with Gasteiger partial charge in [0.25, 0.3) is 0 Å². The van der Waals surface area contributed by atoms with Crippen molar-refractivity contribution in [2.75, 3.05) is 11.9 Å². The molecule has 0 saturated carbocycles. The van der Waals surface area contributed by atoms with E-state index < -0.39 is 0 Å². The molecule has 1 aromatic heterocycles. The molecule has 1 aliphatic heterocycles. The van der Waals surface area contributed by atoms with Crippen LogP contribution in [0.2, 0.25) is 0 Å². The third-order valence-electron chi connectivity index (χ3n) is 4.61. The number of hydrogen-bond acceptors (Lipinski definition) is 4. The number of fused-ring (bicyclic) bond motifs is 2. The molecule has 23 heavy (non-hydrogen) atoms. The minimum absolute atomic E-state index is 0.0861. The predicted octanol–water partition coefficient (Wildman–Crippen LogP) is 2.64. The molecule has 0 unspecified atom stereocenters. The van der Waals surface area contributed by atoms with Crippen LogP contribution in [-0.2, 0) is 30.5 Å². The van der Waals surface area contributed by atoms with Gasteiger partial charge in [0.05, 0.1) is 10.7 Å². The Morgan fingerprint density at radius 3 is 3.22 bits per heavy atom. The lowest BCUT2D eigenvalue weighted by atomic mass is 10.1. The summed E-state index contributed by atoms with van der Waals surface area (Å²) in [5, 5.41) is 7.53. The van der Waals surface area contributed by atoms with Gasteiger partial charge in [-0.2, -0.15) is 0 Å². The Kier molecular flexibility index (Phi) is 3.81. The van der Waals surface area contributed by atoms with Gasteiger partial charge < -0.3 is 10.6 Å². The van der Waals surface area contributed by atoms with Crippen molar-refractivity contribution < 1.29 is 4.79 Å². The van der Waals surface area contributed by atoms with Crippen LogP contribution in [0.5, 0.6) is 0 Å². The van der Waals surface area contributed by atoms with E-state index in [2.05, 4.69) is 40.7 Å². The number of anilines is 1. The van der Waals surface area contributed by atoms with Crippen molar-refractivity contribution in [2.45, 2.75) is 45.1 Å². The van der Waals surface area contributed by atoms with Gasteiger partial charge in [0.2, 0.25) is 5.91 Å². The fraction of sp³-hybridized carbons (Fsp3) is 0.444. The zero-order valence-corrected chi connectivity index (χ0v) is 14.1. The number of carbonyl (C=O) groups excluding carboxylic acids is 1. The highest BCUT2D eigenvalue weighted by atomic mass is 32.1. The lowest BCUT2D eigenvalue weighted by Crippen LogP contribution is -2.39. The molecule has 1 amide bonds. The molecule has 0 spiro atoms. The fourth-order valence-corrected chi connectivity index (χ4v) is 4.57. The second-order valence-electron chi connectivity index (χ2n) is 6.43. The minimum atomic E-state index is -0.145. The van der Waals surface area contributed by atoms with Crippen LogP contribution in [0, 0.1) is 6.92 Å². The molecule has 1 aromatic carbocycles. The number of amides is 1. The molecule has 4 nitrogen and oxygen atoms in total. The normalized spacial score (nSPS) is 18.4. The van der Waals surface area contributed by atoms with E-state index in [0.717, 1.165) is 30.0 Å².